The molecule has 0 saturated carbocycles. The van der Waals surface area contributed by atoms with E-state index in [-0.39, 0.29) is 11.5 Å². The lowest BCUT2D eigenvalue weighted by Gasteiger charge is -2.26. The Morgan fingerprint density at radius 3 is 2.65 bits per heavy atom. The van der Waals surface area contributed by atoms with Gasteiger partial charge in [-0.25, -0.2) is 8.42 Å². The number of ether oxygens (including phenoxy) is 2. The lowest BCUT2D eigenvalue weighted by Crippen LogP contribution is -2.44. The van der Waals surface area contributed by atoms with Gasteiger partial charge in [0.1, 0.15) is 0 Å². The molecule has 8 nitrogen and oxygen atoms in total. The van der Waals surface area contributed by atoms with E-state index < -0.39 is 9.84 Å². The van der Waals surface area contributed by atoms with E-state index in [2.05, 4.69) is 20.5 Å². The summed E-state index contributed by atoms with van der Waals surface area (Å²) in [7, 11) is -1.12. The van der Waals surface area contributed by atoms with Crippen LogP contribution in [0.25, 0.3) is 0 Å². The SMILES string of the molecule is CN=C(NCCN1CCS(=O)(=O)CC1)Nc1ccc2c(c1)OCCCO2. The molecule has 1 aromatic carbocycles. The van der Waals surface area contributed by atoms with Gasteiger partial charge in [0.2, 0.25) is 0 Å². The average molecular weight is 382 g/mol. The normalized spacial score (nSPS) is 20.3. The summed E-state index contributed by atoms with van der Waals surface area (Å²) in [4.78, 5) is 6.38. The molecule has 3 rings (SSSR count). The predicted octanol–water partition coefficient (Wildman–Crippen LogP) is 0.566. The maximum absolute atomic E-state index is 11.5. The van der Waals surface area contributed by atoms with Crippen LogP contribution in [0.5, 0.6) is 11.5 Å². The smallest absolute Gasteiger partial charge is 0.195 e. The van der Waals surface area contributed by atoms with Gasteiger partial charge in [-0.2, -0.15) is 0 Å². The molecule has 1 aromatic rings. The Labute approximate surface area is 154 Å². The molecule has 0 spiro atoms. The molecule has 26 heavy (non-hydrogen) atoms. The number of sulfone groups is 1. The molecule has 0 unspecified atom stereocenters. The lowest BCUT2D eigenvalue weighted by molar-refractivity contribution is 0.297. The molecule has 2 aliphatic rings. The van der Waals surface area contributed by atoms with Crippen molar-refractivity contribution in [2.75, 3.05) is 63.3 Å². The van der Waals surface area contributed by atoms with Gasteiger partial charge in [0, 0.05) is 51.4 Å². The van der Waals surface area contributed by atoms with Gasteiger partial charge in [-0.15, -0.1) is 0 Å². The third kappa shape index (κ3) is 5.25. The van der Waals surface area contributed by atoms with Crippen LogP contribution in [0.3, 0.4) is 0 Å². The third-order valence-corrected chi connectivity index (χ3v) is 6.00. The zero-order chi connectivity index (χ0) is 18.4. The number of hydrogen-bond acceptors (Lipinski definition) is 6. The Balaban J connectivity index is 1.48. The van der Waals surface area contributed by atoms with Crippen LogP contribution in [-0.4, -0.2) is 77.2 Å². The summed E-state index contributed by atoms with van der Waals surface area (Å²) in [5.41, 5.74) is 0.867. The fraction of sp³-hybridized carbons (Fsp3) is 0.588. The quantitative estimate of drug-likeness (QED) is 0.581. The third-order valence-electron chi connectivity index (χ3n) is 4.39. The molecule has 0 amide bonds. The van der Waals surface area contributed by atoms with Crippen molar-refractivity contribution in [3.63, 3.8) is 0 Å². The minimum absolute atomic E-state index is 0.247. The van der Waals surface area contributed by atoms with Crippen LogP contribution in [0.15, 0.2) is 23.2 Å². The second-order valence-corrected chi connectivity index (χ2v) is 8.63. The highest BCUT2D eigenvalue weighted by atomic mass is 32.2. The second-order valence-electron chi connectivity index (χ2n) is 6.33. The fourth-order valence-electron chi connectivity index (χ4n) is 2.86. The van der Waals surface area contributed by atoms with Crippen molar-refractivity contribution in [1.29, 1.82) is 0 Å². The molecule has 2 heterocycles. The first kappa shape index (κ1) is 18.8. The maximum atomic E-state index is 11.5. The van der Waals surface area contributed by atoms with Crippen LogP contribution in [0, 0.1) is 0 Å². The summed E-state index contributed by atoms with van der Waals surface area (Å²) in [6.07, 6.45) is 0.873. The highest BCUT2D eigenvalue weighted by Gasteiger charge is 2.21. The topological polar surface area (TPSA) is 92.3 Å². The van der Waals surface area contributed by atoms with Crippen molar-refractivity contribution >= 4 is 21.5 Å². The molecule has 0 radical (unpaired) electrons. The van der Waals surface area contributed by atoms with Gasteiger partial charge in [0.15, 0.2) is 27.3 Å². The molecule has 0 aromatic heterocycles. The molecule has 2 N–H and O–H groups in total. The molecular weight excluding hydrogens is 356 g/mol. The molecule has 0 bridgehead atoms. The van der Waals surface area contributed by atoms with E-state index >= 15 is 0 Å². The summed E-state index contributed by atoms with van der Waals surface area (Å²) in [6.45, 7) is 3.97. The number of guanidine groups is 1. The number of nitrogens with one attached hydrogen (secondary N) is 2. The van der Waals surface area contributed by atoms with Gasteiger partial charge in [-0.05, 0) is 12.1 Å². The van der Waals surface area contributed by atoms with Crippen molar-refractivity contribution in [1.82, 2.24) is 10.2 Å². The van der Waals surface area contributed by atoms with Crippen LogP contribution in [0.2, 0.25) is 0 Å². The van der Waals surface area contributed by atoms with Crippen molar-refractivity contribution in [2.24, 2.45) is 4.99 Å². The first-order valence-electron chi connectivity index (χ1n) is 8.86. The molecule has 1 fully saturated rings. The first-order valence-corrected chi connectivity index (χ1v) is 10.7. The van der Waals surface area contributed by atoms with E-state index in [0.29, 0.717) is 38.8 Å². The van der Waals surface area contributed by atoms with Crippen molar-refractivity contribution in [2.45, 2.75) is 6.42 Å². The van der Waals surface area contributed by atoms with Gasteiger partial charge in [-0.1, -0.05) is 0 Å². The molecule has 1 saturated heterocycles. The van der Waals surface area contributed by atoms with Gasteiger partial charge in [0.25, 0.3) is 0 Å². The Kier molecular flexibility index (Phi) is 6.20. The van der Waals surface area contributed by atoms with Crippen LogP contribution in [0.4, 0.5) is 5.69 Å². The largest absolute Gasteiger partial charge is 0.490 e. The monoisotopic (exact) mass is 382 g/mol. The summed E-state index contributed by atoms with van der Waals surface area (Å²) in [5, 5.41) is 6.49. The van der Waals surface area contributed by atoms with E-state index in [1.807, 2.05) is 18.2 Å². The Bertz CT molecular complexity index is 737. The van der Waals surface area contributed by atoms with Crippen LogP contribution >= 0.6 is 0 Å². The Morgan fingerprint density at radius 2 is 1.92 bits per heavy atom. The number of rotatable bonds is 4. The Hall–Kier alpha value is -2.00. The van der Waals surface area contributed by atoms with Gasteiger partial charge >= 0.3 is 0 Å². The predicted molar refractivity (Wildman–Crippen MR) is 102 cm³/mol. The summed E-state index contributed by atoms with van der Waals surface area (Å²) < 4.78 is 34.3. The number of aliphatic imine (C=N–C) groups is 1. The minimum Gasteiger partial charge on any atom is -0.490 e. The number of hydrogen-bond donors (Lipinski definition) is 2. The van der Waals surface area contributed by atoms with E-state index in [1.165, 1.54) is 0 Å². The van der Waals surface area contributed by atoms with E-state index in [9.17, 15) is 8.42 Å². The highest BCUT2D eigenvalue weighted by molar-refractivity contribution is 7.91. The number of anilines is 1. The zero-order valence-electron chi connectivity index (χ0n) is 15.0. The van der Waals surface area contributed by atoms with Crippen LogP contribution in [0.1, 0.15) is 6.42 Å². The number of benzene rings is 1. The molecule has 2 aliphatic heterocycles. The van der Waals surface area contributed by atoms with Crippen LogP contribution < -0.4 is 20.1 Å². The highest BCUT2D eigenvalue weighted by Crippen LogP contribution is 2.32. The lowest BCUT2D eigenvalue weighted by atomic mass is 10.3. The number of fused-ring (bicyclic) bond motifs is 1. The number of nitrogens with zero attached hydrogens (tertiary/aromatic N) is 2. The maximum Gasteiger partial charge on any atom is 0.195 e. The second kappa shape index (κ2) is 8.59. The summed E-state index contributed by atoms with van der Waals surface area (Å²) in [5.74, 6) is 2.64. The molecule has 0 aliphatic carbocycles. The summed E-state index contributed by atoms with van der Waals surface area (Å²) in [6, 6.07) is 5.73. The van der Waals surface area contributed by atoms with Crippen molar-refractivity contribution in [3.8, 4) is 11.5 Å². The van der Waals surface area contributed by atoms with E-state index in [1.54, 1.807) is 7.05 Å². The molecular formula is C17H26N4O4S. The van der Waals surface area contributed by atoms with Crippen molar-refractivity contribution in [3.05, 3.63) is 18.2 Å². The zero-order valence-corrected chi connectivity index (χ0v) is 15.8. The Morgan fingerprint density at radius 1 is 1.19 bits per heavy atom. The minimum atomic E-state index is -2.83. The van der Waals surface area contributed by atoms with Crippen molar-refractivity contribution < 1.29 is 17.9 Å². The molecule has 0 atom stereocenters. The summed E-state index contributed by atoms with van der Waals surface area (Å²) >= 11 is 0. The fourth-order valence-corrected chi connectivity index (χ4v) is 4.14. The standard InChI is InChI=1S/C17H26N4O4S/c1-18-17(19-5-6-21-7-11-26(22,23)12-8-21)20-14-3-4-15-16(13-14)25-10-2-9-24-15/h3-4,13H,2,5-12H2,1H3,(H2,18,19,20). The average Bonchev–Trinajstić information content (AvgIpc) is 2.87. The van der Waals surface area contributed by atoms with Gasteiger partial charge < -0.3 is 20.1 Å². The van der Waals surface area contributed by atoms with E-state index in [0.717, 1.165) is 30.2 Å². The molecule has 144 valence electrons. The van der Waals surface area contributed by atoms with Crippen LogP contribution in [-0.2, 0) is 9.84 Å². The van der Waals surface area contributed by atoms with E-state index in [4.69, 9.17) is 9.47 Å². The first-order chi connectivity index (χ1) is 12.6. The van der Waals surface area contributed by atoms with Gasteiger partial charge in [0.05, 0.1) is 24.7 Å². The van der Waals surface area contributed by atoms with Gasteiger partial charge in [-0.3, -0.25) is 9.89 Å². The molecule has 9 heteroatoms.